The summed E-state index contributed by atoms with van der Waals surface area (Å²) in [5.74, 6) is 0.241. The van der Waals surface area contributed by atoms with E-state index in [1.54, 1.807) is 19.1 Å². The molecule has 0 aliphatic carbocycles. The zero-order valence-electron chi connectivity index (χ0n) is 7.44. The molecule has 0 spiro atoms. The Hall–Kier alpha value is -0.645. The van der Waals surface area contributed by atoms with E-state index in [0.717, 1.165) is 10.0 Å². The van der Waals surface area contributed by atoms with Crippen LogP contribution in [-0.2, 0) is 0 Å². The summed E-state index contributed by atoms with van der Waals surface area (Å²) in [6.45, 7) is -4.29. The van der Waals surface area contributed by atoms with Crippen LogP contribution in [0.4, 0.5) is 12.9 Å². The summed E-state index contributed by atoms with van der Waals surface area (Å²) in [6.07, 6.45) is 0. The lowest BCUT2D eigenvalue weighted by atomic mass is 9.95. The molecule has 1 aromatic carbocycles. The van der Waals surface area contributed by atoms with Gasteiger partial charge in [-0.25, -0.2) is 0 Å². The molecule has 78 valence electrons. The van der Waals surface area contributed by atoms with Crippen LogP contribution in [-0.4, -0.2) is 13.5 Å². The second-order valence-corrected chi connectivity index (χ2v) is 3.79. The summed E-state index contributed by atoms with van der Waals surface area (Å²) < 4.78 is 41.0. The summed E-state index contributed by atoms with van der Waals surface area (Å²) >= 11 is 3.25. The molecular formula is C8H8BBrF3O-. The summed E-state index contributed by atoms with van der Waals surface area (Å²) in [5.41, 5.74) is 0.845. The van der Waals surface area contributed by atoms with E-state index in [9.17, 15) is 12.9 Å². The van der Waals surface area contributed by atoms with Gasteiger partial charge in [0.05, 0.1) is 6.51 Å². The van der Waals surface area contributed by atoms with Crippen molar-refractivity contribution in [3.05, 3.63) is 28.2 Å². The Morgan fingerprint density at radius 1 is 1.36 bits per heavy atom. The predicted molar refractivity (Wildman–Crippen MR) is 53.5 cm³/mol. The molecule has 0 atom stereocenters. The molecule has 0 aliphatic rings. The third-order valence-corrected chi connectivity index (χ3v) is 2.46. The molecular weight excluding hydrogens is 260 g/mol. The molecule has 14 heavy (non-hydrogen) atoms. The fourth-order valence-corrected chi connectivity index (χ4v) is 1.14. The van der Waals surface area contributed by atoms with Crippen LogP contribution in [0.2, 0.25) is 0 Å². The lowest BCUT2D eigenvalue weighted by Gasteiger charge is -2.15. The lowest BCUT2D eigenvalue weighted by molar-refractivity contribution is 0.313. The van der Waals surface area contributed by atoms with E-state index in [-0.39, 0.29) is 5.75 Å². The van der Waals surface area contributed by atoms with Gasteiger partial charge in [-0.3, -0.25) is 0 Å². The van der Waals surface area contributed by atoms with E-state index in [1.165, 1.54) is 6.07 Å². The number of ether oxygens (including phenoxy) is 1. The first-order valence-corrected chi connectivity index (χ1v) is 4.78. The van der Waals surface area contributed by atoms with Crippen molar-refractivity contribution in [2.45, 2.75) is 6.92 Å². The Kier molecular flexibility index (Phi) is 3.47. The van der Waals surface area contributed by atoms with Gasteiger partial charge in [0.15, 0.2) is 0 Å². The first-order chi connectivity index (χ1) is 6.38. The monoisotopic (exact) mass is 267 g/mol. The number of rotatable bonds is 3. The Balaban J connectivity index is 2.65. The fraction of sp³-hybridized carbons (Fsp3) is 0.250. The molecule has 1 aromatic rings. The van der Waals surface area contributed by atoms with Crippen molar-refractivity contribution in [3.63, 3.8) is 0 Å². The Morgan fingerprint density at radius 2 is 2.00 bits per heavy atom. The van der Waals surface area contributed by atoms with E-state index >= 15 is 0 Å². The smallest absolute Gasteiger partial charge is 0.515 e. The number of hydrogen-bond acceptors (Lipinski definition) is 1. The molecule has 0 unspecified atom stereocenters. The second kappa shape index (κ2) is 4.25. The first-order valence-electron chi connectivity index (χ1n) is 3.98. The maximum Gasteiger partial charge on any atom is 0.515 e. The molecule has 0 N–H and O–H groups in total. The molecule has 0 radical (unpaired) electrons. The average molecular weight is 268 g/mol. The van der Waals surface area contributed by atoms with Gasteiger partial charge in [0, 0.05) is 4.47 Å². The van der Waals surface area contributed by atoms with Crippen LogP contribution in [0.1, 0.15) is 5.56 Å². The highest BCUT2D eigenvalue weighted by Crippen LogP contribution is 2.22. The highest BCUT2D eigenvalue weighted by Gasteiger charge is 2.24. The molecule has 1 rings (SSSR count). The van der Waals surface area contributed by atoms with Crippen molar-refractivity contribution in [1.29, 1.82) is 0 Å². The molecule has 0 heterocycles. The van der Waals surface area contributed by atoms with Crippen molar-refractivity contribution in [1.82, 2.24) is 0 Å². The first kappa shape index (κ1) is 11.4. The number of hydrogen-bond donors (Lipinski definition) is 0. The summed E-state index contributed by atoms with van der Waals surface area (Å²) in [5, 5.41) is 0. The standard InChI is InChI=1S/C8H8BBrF3O/c1-6-4-7(2-3-8(6)10)14-5-9(11,12)13/h2-4H,5H2,1H3/q-1. The van der Waals surface area contributed by atoms with Gasteiger partial charge in [0.1, 0.15) is 5.75 Å². The van der Waals surface area contributed by atoms with Gasteiger partial charge in [-0.1, -0.05) is 15.9 Å². The fourth-order valence-electron chi connectivity index (χ4n) is 0.898. The van der Waals surface area contributed by atoms with Crippen molar-refractivity contribution >= 4 is 22.9 Å². The molecule has 6 heteroatoms. The normalized spacial score (nSPS) is 11.5. The summed E-state index contributed by atoms with van der Waals surface area (Å²) in [4.78, 5) is 0. The van der Waals surface area contributed by atoms with E-state index in [4.69, 9.17) is 0 Å². The van der Waals surface area contributed by atoms with Crippen LogP contribution >= 0.6 is 15.9 Å². The van der Waals surface area contributed by atoms with Gasteiger partial charge in [0.2, 0.25) is 0 Å². The minimum atomic E-state index is -4.88. The van der Waals surface area contributed by atoms with Crippen molar-refractivity contribution in [2.75, 3.05) is 6.51 Å². The zero-order valence-corrected chi connectivity index (χ0v) is 9.02. The zero-order chi connectivity index (χ0) is 10.8. The average Bonchev–Trinajstić information content (AvgIpc) is 2.06. The van der Waals surface area contributed by atoms with Crippen LogP contribution < -0.4 is 4.74 Å². The molecule has 0 aromatic heterocycles. The maximum atomic E-state index is 11.8. The van der Waals surface area contributed by atoms with Crippen LogP contribution in [0.25, 0.3) is 0 Å². The van der Waals surface area contributed by atoms with Gasteiger partial charge in [-0.2, -0.15) is 0 Å². The third kappa shape index (κ3) is 3.61. The number of benzene rings is 1. The van der Waals surface area contributed by atoms with Crippen LogP contribution in [0.15, 0.2) is 22.7 Å². The Bertz CT molecular complexity index is 327. The summed E-state index contributed by atoms with van der Waals surface area (Å²) in [6, 6.07) is 4.72. The Labute approximate surface area is 88.4 Å². The number of aryl methyl sites for hydroxylation is 1. The number of halogens is 4. The highest BCUT2D eigenvalue weighted by atomic mass is 79.9. The third-order valence-electron chi connectivity index (χ3n) is 1.57. The van der Waals surface area contributed by atoms with Gasteiger partial charge in [-0.05, 0) is 30.7 Å². The van der Waals surface area contributed by atoms with Crippen molar-refractivity contribution < 1.29 is 17.7 Å². The maximum absolute atomic E-state index is 11.8. The molecule has 0 saturated heterocycles. The minimum absolute atomic E-state index is 0.241. The van der Waals surface area contributed by atoms with E-state index in [1.807, 2.05) is 0 Å². The molecule has 0 fully saturated rings. The largest absolute Gasteiger partial charge is 0.522 e. The lowest BCUT2D eigenvalue weighted by Crippen LogP contribution is -2.26. The van der Waals surface area contributed by atoms with E-state index in [2.05, 4.69) is 20.7 Å². The van der Waals surface area contributed by atoms with Crippen LogP contribution in [0.3, 0.4) is 0 Å². The van der Waals surface area contributed by atoms with Crippen molar-refractivity contribution in [3.8, 4) is 5.75 Å². The van der Waals surface area contributed by atoms with Crippen molar-refractivity contribution in [2.24, 2.45) is 0 Å². The van der Waals surface area contributed by atoms with Crippen LogP contribution in [0.5, 0.6) is 5.75 Å². The second-order valence-electron chi connectivity index (χ2n) is 2.93. The van der Waals surface area contributed by atoms with Gasteiger partial charge in [0.25, 0.3) is 0 Å². The molecule has 0 saturated carbocycles. The highest BCUT2D eigenvalue weighted by molar-refractivity contribution is 9.10. The summed E-state index contributed by atoms with van der Waals surface area (Å²) in [7, 11) is 0. The SMILES string of the molecule is Cc1cc(OC[B-](F)(F)F)ccc1Br. The molecule has 0 amide bonds. The molecule has 1 nitrogen and oxygen atoms in total. The van der Waals surface area contributed by atoms with Gasteiger partial charge >= 0.3 is 6.98 Å². The van der Waals surface area contributed by atoms with E-state index in [0.29, 0.717) is 0 Å². The molecule has 0 bridgehead atoms. The molecule has 0 aliphatic heterocycles. The van der Waals surface area contributed by atoms with Gasteiger partial charge in [-0.15, -0.1) is 0 Å². The Morgan fingerprint density at radius 3 is 2.50 bits per heavy atom. The van der Waals surface area contributed by atoms with E-state index < -0.39 is 13.5 Å². The van der Waals surface area contributed by atoms with Crippen LogP contribution in [0, 0.1) is 6.92 Å². The minimum Gasteiger partial charge on any atom is -0.522 e. The predicted octanol–water partition coefficient (Wildman–Crippen LogP) is 3.52. The topological polar surface area (TPSA) is 9.23 Å². The quantitative estimate of drug-likeness (QED) is 0.762. The van der Waals surface area contributed by atoms with Gasteiger partial charge < -0.3 is 17.7 Å².